The Morgan fingerprint density at radius 3 is 2.48 bits per heavy atom. The van der Waals surface area contributed by atoms with Gasteiger partial charge in [-0.15, -0.1) is 0 Å². The number of hydrogen-bond acceptors (Lipinski definition) is 4. The molecule has 1 fully saturated rings. The maximum absolute atomic E-state index is 12.7. The number of benzene rings is 2. The topological polar surface area (TPSA) is 70.4 Å². The molecule has 2 heterocycles. The Bertz CT molecular complexity index is 1090. The molecule has 1 aliphatic heterocycles. The monoisotopic (exact) mass is 458 g/mol. The summed E-state index contributed by atoms with van der Waals surface area (Å²) in [5, 5.41) is 17.4. The second-order valence-corrected chi connectivity index (χ2v) is 8.58. The lowest BCUT2D eigenvalue weighted by atomic mass is 10.0. The normalized spacial score (nSPS) is 14.5. The summed E-state index contributed by atoms with van der Waals surface area (Å²) in [7, 11) is 0. The molecule has 0 saturated carbocycles. The first kappa shape index (κ1) is 21.7. The van der Waals surface area contributed by atoms with Crippen molar-refractivity contribution in [1.29, 1.82) is 0 Å². The number of aromatic hydroxyl groups is 1. The Hall–Kier alpha value is -2.54. The predicted octanol–water partition coefficient (Wildman–Crippen LogP) is 4.92. The van der Waals surface area contributed by atoms with Crippen LogP contribution < -0.4 is 5.43 Å². The van der Waals surface area contributed by atoms with Crippen LogP contribution in [-0.2, 0) is 11.2 Å². The van der Waals surface area contributed by atoms with Gasteiger partial charge in [0.2, 0.25) is 5.91 Å². The molecule has 4 rings (SSSR count). The van der Waals surface area contributed by atoms with Crippen molar-refractivity contribution >= 4 is 29.1 Å². The minimum atomic E-state index is -0.0888. The highest BCUT2D eigenvalue weighted by Crippen LogP contribution is 2.33. The molecular formula is C23H24Cl2N4O2. The Labute approximate surface area is 191 Å². The second kappa shape index (κ2) is 9.30. The van der Waals surface area contributed by atoms with E-state index in [1.165, 1.54) is 6.42 Å². The number of amides is 1. The highest BCUT2D eigenvalue weighted by Gasteiger charge is 2.22. The van der Waals surface area contributed by atoms with Crippen LogP contribution in [0.2, 0.25) is 10.0 Å². The molecule has 0 radical (unpaired) electrons. The van der Waals surface area contributed by atoms with E-state index in [1.54, 1.807) is 35.0 Å². The van der Waals surface area contributed by atoms with Crippen LogP contribution in [0.3, 0.4) is 0 Å². The van der Waals surface area contributed by atoms with E-state index in [0.29, 0.717) is 21.4 Å². The molecule has 1 saturated heterocycles. The predicted molar refractivity (Wildman–Crippen MR) is 123 cm³/mol. The summed E-state index contributed by atoms with van der Waals surface area (Å²) in [6.07, 6.45) is 3.54. The lowest BCUT2D eigenvalue weighted by Gasteiger charge is -2.26. The first-order valence-corrected chi connectivity index (χ1v) is 11.1. The zero-order chi connectivity index (χ0) is 22.0. The van der Waals surface area contributed by atoms with Gasteiger partial charge in [-0.1, -0.05) is 29.6 Å². The molecule has 6 nitrogen and oxygen atoms in total. The summed E-state index contributed by atoms with van der Waals surface area (Å²) in [6, 6.07) is 12.1. The molecule has 1 amide bonds. The summed E-state index contributed by atoms with van der Waals surface area (Å²) in [4.78, 5) is 12.7. The number of nitrogens with one attached hydrogen (secondary N) is 1. The molecule has 0 bridgehead atoms. The highest BCUT2D eigenvalue weighted by molar-refractivity contribution is 6.35. The van der Waals surface area contributed by atoms with Crippen molar-refractivity contribution in [2.75, 3.05) is 13.1 Å². The number of nitrogens with zero attached hydrogens (tertiary/aromatic N) is 3. The van der Waals surface area contributed by atoms with E-state index in [-0.39, 0.29) is 18.1 Å². The van der Waals surface area contributed by atoms with Crippen LogP contribution in [0, 0.1) is 6.92 Å². The minimum Gasteiger partial charge on any atom is -0.508 e. The Kier molecular flexibility index (Phi) is 6.51. The van der Waals surface area contributed by atoms with E-state index in [4.69, 9.17) is 28.3 Å². The number of hydrazine groups is 1. The van der Waals surface area contributed by atoms with Gasteiger partial charge in [0.1, 0.15) is 5.75 Å². The summed E-state index contributed by atoms with van der Waals surface area (Å²) < 4.78 is 1.74. The van der Waals surface area contributed by atoms with Gasteiger partial charge in [-0.3, -0.25) is 10.2 Å². The standard InChI is InChI=1S/C23H24Cl2N4O2/c1-15-20(14-22(31)27-28-11-3-2-4-12-28)26-29(21-10-7-17(24)13-19(21)25)23(15)16-5-8-18(30)9-6-16/h5-10,13,30H,2-4,11-12,14H2,1H3,(H,27,31). The maximum atomic E-state index is 12.7. The molecule has 162 valence electrons. The van der Waals surface area contributed by atoms with Crippen LogP contribution in [0.1, 0.15) is 30.5 Å². The van der Waals surface area contributed by atoms with Crippen LogP contribution in [0.15, 0.2) is 42.5 Å². The number of carbonyl (C=O) groups is 1. The van der Waals surface area contributed by atoms with E-state index >= 15 is 0 Å². The lowest BCUT2D eigenvalue weighted by molar-refractivity contribution is -0.125. The van der Waals surface area contributed by atoms with Gasteiger partial charge in [-0.2, -0.15) is 5.10 Å². The lowest BCUT2D eigenvalue weighted by Crippen LogP contribution is -2.45. The van der Waals surface area contributed by atoms with Gasteiger partial charge in [-0.05, 0) is 67.8 Å². The molecule has 0 aliphatic carbocycles. The molecule has 0 atom stereocenters. The third kappa shape index (κ3) is 4.87. The molecule has 8 heteroatoms. The van der Waals surface area contributed by atoms with Crippen LogP contribution in [0.5, 0.6) is 5.75 Å². The number of hydrogen-bond donors (Lipinski definition) is 2. The summed E-state index contributed by atoms with van der Waals surface area (Å²) >= 11 is 12.6. The number of aromatic nitrogens is 2. The van der Waals surface area contributed by atoms with Gasteiger partial charge in [0, 0.05) is 23.7 Å². The van der Waals surface area contributed by atoms with Crippen LogP contribution >= 0.6 is 23.2 Å². The number of halogens is 2. The fourth-order valence-corrected chi connectivity index (χ4v) is 4.36. The van der Waals surface area contributed by atoms with E-state index in [2.05, 4.69) is 5.43 Å². The molecule has 3 aromatic rings. The smallest absolute Gasteiger partial charge is 0.240 e. The van der Waals surface area contributed by atoms with E-state index in [0.717, 1.165) is 42.8 Å². The molecule has 31 heavy (non-hydrogen) atoms. The Balaban J connectivity index is 1.71. The summed E-state index contributed by atoms with van der Waals surface area (Å²) in [6.45, 7) is 3.69. The molecule has 1 aliphatic rings. The van der Waals surface area contributed by atoms with Gasteiger partial charge in [0.05, 0.1) is 28.5 Å². The van der Waals surface area contributed by atoms with E-state index in [9.17, 15) is 9.90 Å². The average Bonchev–Trinajstić information content (AvgIpc) is 3.05. The first-order valence-electron chi connectivity index (χ1n) is 10.3. The fourth-order valence-electron chi connectivity index (χ4n) is 3.87. The third-order valence-corrected chi connectivity index (χ3v) is 6.00. The second-order valence-electron chi connectivity index (χ2n) is 7.73. The molecule has 0 unspecified atom stereocenters. The van der Waals surface area contributed by atoms with Crippen molar-refractivity contribution in [1.82, 2.24) is 20.2 Å². The summed E-state index contributed by atoms with van der Waals surface area (Å²) in [5.41, 5.74) is 6.88. The Morgan fingerprint density at radius 2 is 1.81 bits per heavy atom. The highest BCUT2D eigenvalue weighted by atomic mass is 35.5. The van der Waals surface area contributed by atoms with Gasteiger partial charge in [0.15, 0.2) is 0 Å². The molecule has 1 aromatic heterocycles. The average molecular weight is 459 g/mol. The number of piperidine rings is 1. The van der Waals surface area contributed by atoms with Gasteiger partial charge in [0.25, 0.3) is 0 Å². The van der Waals surface area contributed by atoms with E-state index < -0.39 is 0 Å². The van der Waals surface area contributed by atoms with Crippen LogP contribution in [-0.4, -0.2) is 38.9 Å². The fraction of sp³-hybridized carbons (Fsp3) is 0.304. The zero-order valence-electron chi connectivity index (χ0n) is 17.2. The SMILES string of the molecule is Cc1c(CC(=O)NN2CCCCC2)nn(-c2ccc(Cl)cc2Cl)c1-c1ccc(O)cc1. The third-order valence-electron chi connectivity index (χ3n) is 5.47. The van der Waals surface area contributed by atoms with Crippen LogP contribution in [0.25, 0.3) is 16.9 Å². The van der Waals surface area contributed by atoms with Crippen molar-refractivity contribution in [2.24, 2.45) is 0 Å². The largest absolute Gasteiger partial charge is 0.508 e. The number of rotatable bonds is 5. The van der Waals surface area contributed by atoms with Crippen molar-refractivity contribution in [3.8, 4) is 22.7 Å². The van der Waals surface area contributed by atoms with Crippen molar-refractivity contribution in [3.05, 3.63) is 63.8 Å². The zero-order valence-corrected chi connectivity index (χ0v) is 18.7. The quantitative estimate of drug-likeness (QED) is 0.568. The van der Waals surface area contributed by atoms with Crippen molar-refractivity contribution < 1.29 is 9.90 Å². The van der Waals surface area contributed by atoms with Gasteiger partial charge < -0.3 is 5.11 Å². The van der Waals surface area contributed by atoms with Gasteiger partial charge >= 0.3 is 0 Å². The molecule has 2 aromatic carbocycles. The first-order chi connectivity index (χ1) is 14.9. The number of carbonyl (C=O) groups excluding carboxylic acids is 1. The number of phenols is 1. The maximum Gasteiger partial charge on any atom is 0.240 e. The summed E-state index contributed by atoms with van der Waals surface area (Å²) in [5.74, 6) is 0.0900. The van der Waals surface area contributed by atoms with Gasteiger partial charge in [-0.25, -0.2) is 9.69 Å². The minimum absolute atomic E-state index is 0.0888. The number of phenolic OH excluding ortho intramolecular Hbond substituents is 1. The van der Waals surface area contributed by atoms with E-state index in [1.807, 2.05) is 24.1 Å². The van der Waals surface area contributed by atoms with Crippen LogP contribution in [0.4, 0.5) is 0 Å². The molecule has 2 N–H and O–H groups in total. The molecular weight excluding hydrogens is 435 g/mol. The van der Waals surface area contributed by atoms with Crippen molar-refractivity contribution in [2.45, 2.75) is 32.6 Å². The van der Waals surface area contributed by atoms with Crippen molar-refractivity contribution in [3.63, 3.8) is 0 Å². The Morgan fingerprint density at radius 1 is 1.10 bits per heavy atom. The molecule has 0 spiro atoms.